The Morgan fingerprint density at radius 3 is 1.84 bits per heavy atom. The van der Waals surface area contributed by atoms with Crippen LogP contribution in [0.5, 0.6) is 0 Å². The zero-order chi connectivity index (χ0) is 28.2. The zero-order valence-electron chi connectivity index (χ0n) is 27.2. The van der Waals surface area contributed by atoms with Crippen LogP contribution in [0.15, 0.2) is 0 Å². The molecule has 1 rings (SSSR count). The largest absolute Gasteiger partial charge is 0.324 e. The fourth-order valence-corrected chi connectivity index (χ4v) is 7.02. The summed E-state index contributed by atoms with van der Waals surface area (Å²) in [5.74, 6) is 3.11. The molecule has 0 spiro atoms. The molecule has 1 N–H and O–H groups in total. The van der Waals surface area contributed by atoms with E-state index in [0.717, 1.165) is 50.6 Å². The normalized spacial score (nSPS) is 18.8. The van der Waals surface area contributed by atoms with Crippen LogP contribution in [0, 0.1) is 23.7 Å². The lowest BCUT2D eigenvalue weighted by Gasteiger charge is -2.43. The quantitative estimate of drug-likeness (QED) is 0.118. The summed E-state index contributed by atoms with van der Waals surface area (Å²) in [4.78, 5) is 15.6. The van der Waals surface area contributed by atoms with E-state index < -0.39 is 0 Å². The minimum Gasteiger partial charge on any atom is -0.324 e. The summed E-state index contributed by atoms with van der Waals surface area (Å²) >= 11 is 0. The Hall–Kier alpha value is -0.570. The molecule has 226 valence electrons. The highest BCUT2D eigenvalue weighted by Gasteiger charge is 2.43. The molecule has 1 amide bonds. The van der Waals surface area contributed by atoms with Gasteiger partial charge in [0.25, 0.3) is 0 Å². The molecule has 1 aliphatic heterocycles. The van der Waals surface area contributed by atoms with Gasteiger partial charge in [-0.25, -0.2) is 0 Å². The molecule has 4 atom stereocenters. The fourth-order valence-electron chi connectivity index (χ4n) is 7.02. The maximum absolute atomic E-state index is 13.3. The van der Waals surface area contributed by atoms with Crippen LogP contribution in [0.2, 0.25) is 0 Å². The first kappa shape index (κ1) is 35.5. The van der Waals surface area contributed by atoms with Crippen LogP contribution in [-0.2, 0) is 4.79 Å². The van der Waals surface area contributed by atoms with Gasteiger partial charge in [-0.05, 0) is 56.3 Å². The van der Waals surface area contributed by atoms with Crippen molar-refractivity contribution in [3.8, 4) is 0 Å². The lowest BCUT2D eigenvalue weighted by atomic mass is 9.81. The number of carbonyl (C=O) groups is 1. The van der Waals surface area contributed by atoms with Crippen molar-refractivity contribution >= 4 is 5.91 Å². The van der Waals surface area contributed by atoms with Crippen LogP contribution in [-0.4, -0.2) is 29.6 Å². The minimum atomic E-state index is -0.157. The molecule has 1 saturated heterocycles. The highest BCUT2D eigenvalue weighted by atomic mass is 16.2. The summed E-state index contributed by atoms with van der Waals surface area (Å²) in [6, 6.07) is 0. The van der Waals surface area contributed by atoms with E-state index >= 15 is 0 Å². The Kier molecular flexibility index (Phi) is 19.8. The van der Waals surface area contributed by atoms with E-state index in [9.17, 15) is 4.79 Å². The second-order valence-corrected chi connectivity index (χ2v) is 12.8. The summed E-state index contributed by atoms with van der Waals surface area (Å²) in [6.45, 7) is 18.3. The topological polar surface area (TPSA) is 32.3 Å². The van der Waals surface area contributed by atoms with Gasteiger partial charge in [-0.3, -0.25) is 10.1 Å². The Labute approximate surface area is 240 Å². The third kappa shape index (κ3) is 12.3. The van der Waals surface area contributed by atoms with Crippen molar-refractivity contribution in [2.75, 3.05) is 13.1 Å². The molecule has 0 saturated carbocycles. The molecular formula is C35H70N2O. The van der Waals surface area contributed by atoms with Gasteiger partial charge in [0, 0.05) is 19.0 Å². The summed E-state index contributed by atoms with van der Waals surface area (Å²) in [5, 5.41) is 4.00. The summed E-state index contributed by atoms with van der Waals surface area (Å²) in [6.07, 6.45) is 25.9. The maximum Gasteiger partial charge on any atom is 0.227 e. The van der Waals surface area contributed by atoms with E-state index in [4.69, 9.17) is 0 Å². The number of hydrogen-bond donors (Lipinski definition) is 1. The molecular weight excluding hydrogens is 464 g/mol. The zero-order valence-corrected chi connectivity index (χ0v) is 27.2. The van der Waals surface area contributed by atoms with E-state index in [1.54, 1.807) is 0 Å². The van der Waals surface area contributed by atoms with E-state index in [1.807, 2.05) is 0 Å². The lowest BCUT2D eigenvalue weighted by molar-refractivity contribution is -0.138. The van der Waals surface area contributed by atoms with Crippen LogP contribution in [0.25, 0.3) is 0 Å². The number of carbonyl (C=O) groups excluding carboxylic acids is 1. The number of nitrogens with zero attached hydrogens (tertiary/aromatic N) is 1. The Balaban J connectivity index is 2.56. The second-order valence-electron chi connectivity index (χ2n) is 12.8. The fraction of sp³-hybridized carbons (Fsp3) is 0.971. The van der Waals surface area contributed by atoms with Gasteiger partial charge in [0.05, 0.1) is 5.66 Å². The van der Waals surface area contributed by atoms with Crippen LogP contribution in [0.4, 0.5) is 0 Å². The van der Waals surface area contributed by atoms with Gasteiger partial charge in [-0.1, -0.05) is 138 Å². The molecule has 0 radical (unpaired) electrons. The van der Waals surface area contributed by atoms with Crippen molar-refractivity contribution in [1.29, 1.82) is 0 Å². The van der Waals surface area contributed by atoms with Gasteiger partial charge < -0.3 is 4.90 Å². The number of hydrogen-bond acceptors (Lipinski definition) is 2. The maximum atomic E-state index is 13.3. The number of unbranched alkanes of at least 4 members (excludes halogenated alkanes) is 8. The molecule has 38 heavy (non-hydrogen) atoms. The Morgan fingerprint density at radius 1 is 0.737 bits per heavy atom. The molecule has 4 unspecified atom stereocenters. The first-order valence-electron chi connectivity index (χ1n) is 17.5. The number of nitrogens with one attached hydrogen (secondary N) is 1. The summed E-state index contributed by atoms with van der Waals surface area (Å²) in [5.41, 5.74) is -0.157. The molecule has 3 heteroatoms. The van der Waals surface area contributed by atoms with E-state index in [2.05, 4.69) is 58.7 Å². The standard InChI is InChI=1S/C35H70N2O/c1-8-15-17-18-19-20-21-22-23-30(10-3)27-31(11-4)28-32(12-5)29-36-35(13-6,14-7)37-26-25-33(34(37)38)24-16-9-2/h30-33,36H,8-29H2,1-7H3. The molecule has 3 nitrogen and oxygen atoms in total. The van der Waals surface area contributed by atoms with E-state index in [-0.39, 0.29) is 11.6 Å². The van der Waals surface area contributed by atoms with Crippen molar-refractivity contribution in [3.63, 3.8) is 0 Å². The smallest absolute Gasteiger partial charge is 0.227 e. The molecule has 0 aromatic rings. The molecule has 1 fully saturated rings. The van der Waals surface area contributed by atoms with Crippen molar-refractivity contribution in [2.45, 2.75) is 183 Å². The first-order valence-corrected chi connectivity index (χ1v) is 17.5. The highest BCUT2D eigenvalue weighted by molar-refractivity contribution is 5.81. The third-order valence-electron chi connectivity index (χ3n) is 10.2. The van der Waals surface area contributed by atoms with Crippen molar-refractivity contribution in [2.24, 2.45) is 23.7 Å². The van der Waals surface area contributed by atoms with Gasteiger partial charge in [0.2, 0.25) is 5.91 Å². The van der Waals surface area contributed by atoms with Crippen molar-refractivity contribution in [3.05, 3.63) is 0 Å². The third-order valence-corrected chi connectivity index (χ3v) is 10.2. The lowest BCUT2D eigenvalue weighted by Crippen LogP contribution is -2.60. The van der Waals surface area contributed by atoms with Crippen LogP contribution >= 0.6 is 0 Å². The van der Waals surface area contributed by atoms with Gasteiger partial charge in [-0.15, -0.1) is 0 Å². The number of amides is 1. The SMILES string of the molecule is CCCCCCCCCCC(CC)CC(CC)CC(CC)CNC(CC)(CC)N1CCC(CCCC)C1=O. The van der Waals surface area contributed by atoms with Gasteiger partial charge in [0.15, 0.2) is 0 Å². The average Bonchev–Trinajstić information content (AvgIpc) is 3.32. The average molecular weight is 535 g/mol. The molecule has 1 heterocycles. The van der Waals surface area contributed by atoms with Crippen LogP contribution in [0.3, 0.4) is 0 Å². The van der Waals surface area contributed by atoms with Crippen LogP contribution < -0.4 is 5.32 Å². The van der Waals surface area contributed by atoms with E-state index in [1.165, 1.54) is 103 Å². The Morgan fingerprint density at radius 2 is 1.29 bits per heavy atom. The molecule has 0 bridgehead atoms. The van der Waals surface area contributed by atoms with Crippen LogP contribution in [0.1, 0.15) is 177 Å². The van der Waals surface area contributed by atoms with Crippen molar-refractivity contribution < 1.29 is 4.79 Å². The number of rotatable bonds is 25. The highest BCUT2D eigenvalue weighted by Crippen LogP contribution is 2.33. The summed E-state index contributed by atoms with van der Waals surface area (Å²) < 4.78 is 0. The van der Waals surface area contributed by atoms with E-state index in [0.29, 0.717) is 11.8 Å². The number of likely N-dealkylation sites (tertiary alicyclic amines) is 1. The summed E-state index contributed by atoms with van der Waals surface area (Å²) in [7, 11) is 0. The molecule has 0 aliphatic carbocycles. The minimum absolute atomic E-state index is 0.157. The second kappa shape index (κ2) is 21.2. The molecule has 1 aliphatic rings. The molecule has 0 aromatic carbocycles. The monoisotopic (exact) mass is 535 g/mol. The predicted octanol–water partition coefficient (Wildman–Crippen LogP) is 10.5. The van der Waals surface area contributed by atoms with Crippen molar-refractivity contribution in [1.82, 2.24) is 10.2 Å². The predicted molar refractivity (Wildman–Crippen MR) is 168 cm³/mol. The first-order chi connectivity index (χ1) is 18.4. The van der Waals surface area contributed by atoms with Gasteiger partial charge >= 0.3 is 0 Å². The molecule has 0 aromatic heterocycles. The van der Waals surface area contributed by atoms with Gasteiger partial charge in [-0.2, -0.15) is 0 Å². The van der Waals surface area contributed by atoms with Gasteiger partial charge in [0.1, 0.15) is 0 Å². The Bertz CT molecular complexity index is 572.